The average molecular weight is 362 g/mol. The van der Waals surface area contributed by atoms with Crippen molar-refractivity contribution in [3.8, 4) is 5.75 Å². The number of rotatable bonds is 9. The van der Waals surface area contributed by atoms with Crippen LogP contribution in [0.4, 0.5) is 11.4 Å². The molecule has 1 N–H and O–H groups in total. The van der Waals surface area contributed by atoms with E-state index in [2.05, 4.69) is 75.2 Å². The summed E-state index contributed by atoms with van der Waals surface area (Å²) in [5.41, 5.74) is 4.66. The molecular weight excluding hydrogens is 330 g/mol. The van der Waals surface area contributed by atoms with Crippen LogP contribution < -0.4 is 10.1 Å². The normalized spacial score (nSPS) is 13.0. The first-order chi connectivity index (χ1) is 12.9. The SMILES string of the molecule is C=C[C@@](C)(/C=C/c1ccc(Nc2ccc(OC)cc2)cc1)CCC=C(C)C. The van der Waals surface area contributed by atoms with E-state index in [0.717, 1.165) is 30.0 Å². The van der Waals surface area contributed by atoms with Crippen LogP contribution in [0.15, 0.2) is 78.9 Å². The molecule has 0 heterocycles. The van der Waals surface area contributed by atoms with Crippen LogP contribution in [-0.4, -0.2) is 7.11 Å². The summed E-state index contributed by atoms with van der Waals surface area (Å²) in [5, 5.41) is 3.40. The molecule has 142 valence electrons. The highest BCUT2D eigenvalue weighted by molar-refractivity contribution is 5.63. The van der Waals surface area contributed by atoms with Gasteiger partial charge in [-0.15, -0.1) is 6.58 Å². The van der Waals surface area contributed by atoms with E-state index in [1.807, 2.05) is 30.3 Å². The fourth-order valence-corrected chi connectivity index (χ4v) is 2.73. The molecule has 0 spiro atoms. The number of anilines is 2. The largest absolute Gasteiger partial charge is 0.497 e. The molecule has 2 aromatic carbocycles. The standard InChI is InChI=1S/C25H31NO/c1-6-25(4,18-7-8-20(2)3)19-17-21-9-11-22(12-10-21)26-23-13-15-24(27-5)16-14-23/h6,8-17,19,26H,1,7,18H2,2-5H3/b19-17+/t25-/m1/s1. The molecule has 0 aliphatic carbocycles. The van der Waals surface area contributed by atoms with Crippen molar-refractivity contribution in [2.24, 2.45) is 5.41 Å². The minimum Gasteiger partial charge on any atom is -0.497 e. The summed E-state index contributed by atoms with van der Waals surface area (Å²) in [6.45, 7) is 10.5. The van der Waals surface area contributed by atoms with E-state index in [9.17, 15) is 0 Å². The van der Waals surface area contributed by atoms with Gasteiger partial charge in [-0.3, -0.25) is 0 Å². The van der Waals surface area contributed by atoms with E-state index in [1.54, 1.807) is 7.11 Å². The first-order valence-electron chi connectivity index (χ1n) is 9.41. The highest BCUT2D eigenvalue weighted by Crippen LogP contribution is 2.28. The third-order valence-electron chi connectivity index (χ3n) is 4.65. The van der Waals surface area contributed by atoms with Crippen LogP contribution in [0.2, 0.25) is 0 Å². The Labute approximate surface area is 164 Å². The lowest BCUT2D eigenvalue weighted by atomic mass is 9.84. The van der Waals surface area contributed by atoms with E-state index < -0.39 is 0 Å². The molecule has 0 amide bonds. The summed E-state index contributed by atoms with van der Waals surface area (Å²) < 4.78 is 5.19. The van der Waals surface area contributed by atoms with Gasteiger partial charge in [0.15, 0.2) is 0 Å². The zero-order valence-electron chi connectivity index (χ0n) is 17.0. The lowest BCUT2D eigenvalue weighted by molar-refractivity contribution is 0.415. The lowest BCUT2D eigenvalue weighted by Crippen LogP contribution is -2.08. The van der Waals surface area contributed by atoms with Gasteiger partial charge in [-0.25, -0.2) is 0 Å². The van der Waals surface area contributed by atoms with E-state index in [4.69, 9.17) is 4.74 Å². The minimum atomic E-state index is 0.00592. The zero-order valence-corrected chi connectivity index (χ0v) is 17.0. The Kier molecular flexibility index (Phi) is 7.48. The molecule has 0 saturated heterocycles. The fraction of sp³-hybridized carbons (Fsp3) is 0.280. The van der Waals surface area contributed by atoms with Crippen LogP contribution in [0.3, 0.4) is 0 Å². The molecular formula is C25H31NO. The molecule has 2 heteroatoms. The van der Waals surface area contributed by atoms with E-state index >= 15 is 0 Å². The lowest BCUT2D eigenvalue weighted by Gasteiger charge is -2.20. The Morgan fingerprint density at radius 2 is 1.63 bits per heavy atom. The molecule has 0 aliphatic rings. The molecule has 1 atom stereocenters. The summed E-state index contributed by atoms with van der Waals surface area (Å²) in [7, 11) is 1.67. The number of nitrogens with one attached hydrogen (secondary N) is 1. The zero-order chi connectivity index (χ0) is 19.7. The number of benzene rings is 2. The molecule has 0 fully saturated rings. The van der Waals surface area contributed by atoms with Gasteiger partial charge in [0.25, 0.3) is 0 Å². The Morgan fingerprint density at radius 3 is 2.15 bits per heavy atom. The van der Waals surface area contributed by atoms with Gasteiger partial charge < -0.3 is 10.1 Å². The fourth-order valence-electron chi connectivity index (χ4n) is 2.73. The van der Waals surface area contributed by atoms with Crippen molar-refractivity contribution in [3.05, 3.63) is 84.5 Å². The van der Waals surface area contributed by atoms with Gasteiger partial charge in [-0.2, -0.15) is 0 Å². The van der Waals surface area contributed by atoms with Crippen molar-refractivity contribution in [2.45, 2.75) is 33.6 Å². The highest BCUT2D eigenvalue weighted by atomic mass is 16.5. The van der Waals surface area contributed by atoms with Crippen LogP contribution >= 0.6 is 0 Å². The van der Waals surface area contributed by atoms with Crippen molar-refractivity contribution in [1.29, 1.82) is 0 Å². The quantitative estimate of drug-likeness (QED) is 0.470. The van der Waals surface area contributed by atoms with Crippen molar-refractivity contribution in [2.75, 3.05) is 12.4 Å². The summed E-state index contributed by atoms with van der Waals surface area (Å²) in [5.74, 6) is 0.857. The van der Waals surface area contributed by atoms with Crippen molar-refractivity contribution in [1.82, 2.24) is 0 Å². The molecule has 27 heavy (non-hydrogen) atoms. The minimum absolute atomic E-state index is 0.00592. The smallest absolute Gasteiger partial charge is 0.119 e. The molecule has 0 saturated carbocycles. The third-order valence-corrected chi connectivity index (χ3v) is 4.65. The second-order valence-corrected chi connectivity index (χ2v) is 7.34. The summed E-state index contributed by atoms with van der Waals surface area (Å²) >= 11 is 0. The number of methoxy groups -OCH3 is 1. The van der Waals surface area contributed by atoms with Crippen molar-refractivity contribution >= 4 is 17.5 Å². The Bertz CT molecular complexity index is 780. The second-order valence-electron chi connectivity index (χ2n) is 7.34. The Balaban J connectivity index is 1.99. The van der Waals surface area contributed by atoms with E-state index in [-0.39, 0.29) is 5.41 Å². The van der Waals surface area contributed by atoms with Crippen LogP contribution in [-0.2, 0) is 0 Å². The average Bonchev–Trinajstić information content (AvgIpc) is 2.68. The van der Waals surface area contributed by atoms with Crippen LogP contribution in [0, 0.1) is 5.41 Å². The highest BCUT2D eigenvalue weighted by Gasteiger charge is 2.14. The van der Waals surface area contributed by atoms with Gasteiger partial charge in [-0.05, 0) is 68.7 Å². The second kappa shape index (κ2) is 9.82. The predicted molar refractivity (Wildman–Crippen MR) is 119 cm³/mol. The first kappa shape index (κ1) is 20.6. The van der Waals surface area contributed by atoms with Crippen molar-refractivity contribution < 1.29 is 4.74 Å². The maximum absolute atomic E-state index is 5.19. The number of hydrogen-bond acceptors (Lipinski definition) is 2. The maximum Gasteiger partial charge on any atom is 0.119 e. The predicted octanol–water partition coefficient (Wildman–Crippen LogP) is 7.39. The van der Waals surface area contributed by atoms with Crippen LogP contribution in [0.5, 0.6) is 5.75 Å². The van der Waals surface area contributed by atoms with Gasteiger partial charge in [0.1, 0.15) is 5.75 Å². The molecule has 2 rings (SSSR count). The molecule has 0 bridgehead atoms. The molecule has 0 radical (unpaired) electrons. The molecule has 2 nitrogen and oxygen atoms in total. The monoisotopic (exact) mass is 361 g/mol. The van der Waals surface area contributed by atoms with E-state index in [1.165, 1.54) is 11.1 Å². The van der Waals surface area contributed by atoms with Gasteiger partial charge in [-0.1, -0.05) is 48.9 Å². The van der Waals surface area contributed by atoms with Gasteiger partial charge in [0, 0.05) is 16.8 Å². The van der Waals surface area contributed by atoms with Crippen LogP contribution in [0.25, 0.3) is 6.08 Å². The molecule has 2 aromatic rings. The first-order valence-corrected chi connectivity index (χ1v) is 9.41. The number of hydrogen-bond donors (Lipinski definition) is 1. The van der Waals surface area contributed by atoms with Gasteiger partial charge in [0.05, 0.1) is 7.11 Å². The van der Waals surface area contributed by atoms with Crippen molar-refractivity contribution in [3.63, 3.8) is 0 Å². The Morgan fingerprint density at radius 1 is 1.04 bits per heavy atom. The molecule has 0 aliphatic heterocycles. The number of ether oxygens (including phenoxy) is 1. The maximum atomic E-state index is 5.19. The van der Waals surface area contributed by atoms with Crippen LogP contribution in [0.1, 0.15) is 39.2 Å². The Hall–Kier alpha value is -2.74. The van der Waals surface area contributed by atoms with Gasteiger partial charge in [0.2, 0.25) is 0 Å². The topological polar surface area (TPSA) is 21.3 Å². The summed E-state index contributed by atoms with van der Waals surface area (Å²) in [6, 6.07) is 16.4. The summed E-state index contributed by atoms with van der Waals surface area (Å²) in [6.07, 6.45) is 10.9. The van der Waals surface area contributed by atoms with Gasteiger partial charge >= 0.3 is 0 Å². The molecule has 0 unspecified atom stereocenters. The van der Waals surface area contributed by atoms with E-state index in [0.29, 0.717) is 0 Å². The number of allylic oxidation sites excluding steroid dienone is 4. The summed E-state index contributed by atoms with van der Waals surface area (Å²) in [4.78, 5) is 0. The molecule has 0 aromatic heterocycles. The third kappa shape index (κ3) is 6.82.